The van der Waals surface area contributed by atoms with Crippen LogP contribution in [0.15, 0.2) is 24.5 Å². The Kier molecular flexibility index (Phi) is 3.97. The summed E-state index contributed by atoms with van der Waals surface area (Å²) in [5.74, 6) is 2.18. The Bertz CT molecular complexity index is 581. The molecule has 0 radical (unpaired) electrons. The lowest BCUT2D eigenvalue weighted by atomic mass is 10.0. The minimum Gasteiger partial charge on any atom is -0.494 e. The van der Waals surface area contributed by atoms with Gasteiger partial charge < -0.3 is 15.8 Å². The van der Waals surface area contributed by atoms with Gasteiger partial charge in [-0.05, 0) is 50.4 Å². The highest BCUT2D eigenvalue weighted by Gasteiger charge is 2.13. The first kappa shape index (κ1) is 13.1. The van der Waals surface area contributed by atoms with Crippen LogP contribution in [0.25, 0.3) is 10.9 Å². The number of ether oxygens (including phenoxy) is 1. The molecule has 1 fully saturated rings. The summed E-state index contributed by atoms with van der Waals surface area (Å²) in [5, 5.41) is 4.26. The Morgan fingerprint density at radius 1 is 1.35 bits per heavy atom. The molecule has 3 rings (SSSR count). The van der Waals surface area contributed by atoms with E-state index in [0.29, 0.717) is 5.82 Å². The Morgan fingerprint density at radius 3 is 3.15 bits per heavy atom. The first-order valence-electron chi connectivity index (χ1n) is 7.16. The number of nitrogens with two attached hydrogens (primary N) is 1. The summed E-state index contributed by atoms with van der Waals surface area (Å²) < 4.78 is 5.79. The second-order valence-corrected chi connectivity index (χ2v) is 5.29. The van der Waals surface area contributed by atoms with Crippen molar-refractivity contribution >= 4 is 16.7 Å². The van der Waals surface area contributed by atoms with Gasteiger partial charge in [0, 0.05) is 11.5 Å². The Labute approximate surface area is 118 Å². The smallest absolute Gasteiger partial charge is 0.134 e. The highest BCUT2D eigenvalue weighted by molar-refractivity contribution is 5.88. The van der Waals surface area contributed by atoms with Crippen LogP contribution in [0, 0.1) is 5.92 Å². The van der Waals surface area contributed by atoms with Crippen LogP contribution in [0.3, 0.4) is 0 Å². The van der Waals surface area contributed by atoms with Crippen molar-refractivity contribution in [2.45, 2.75) is 19.3 Å². The summed E-state index contributed by atoms with van der Waals surface area (Å²) in [7, 11) is 0. The third-order valence-electron chi connectivity index (χ3n) is 3.83. The van der Waals surface area contributed by atoms with E-state index < -0.39 is 0 Å². The fourth-order valence-corrected chi connectivity index (χ4v) is 2.67. The molecular weight excluding hydrogens is 252 g/mol. The van der Waals surface area contributed by atoms with Crippen molar-refractivity contribution in [3.05, 3.63) is 24.5 Å². The van der Waals surface area contributed by atoms with Gasteiger partial charge in [0.1, 0.15) is 17.9 Å². The average molecular weight is 272 g/mol. The maximum Gasteiger partial charge on any atom is 0.134 e. The first-order valence-corrected chi connectivity index (χ1v) is 7.16. The second kappa shape index (κ2) is 6.05. The number of rotatable bonds is 5. The summed E-state index contributed by atoms with van der Waals surface area (Å²) in [4.78, 5) is 8.19. The van der Waals surface area contributed by atoms with Crippen LogP contribution in [-0.2, 0) is 0 Å². The molecule has 2 heterocycles. The summed E-state index contributed by atoms with van der Waals surface area (Å²) >= 11 is 0. The van der Waals surface area contributed by atoms with Gasteiger partial charge in [-0.25, -0.2) is 9.97 Å². The van der Waals surface area contributed by atoms with Crippen LogP contribution < -0.4 is 15.8 Å². The predicted octanol–water partition coefficient (Wildman–Crippen LogP) is 1.98. The van der Waals surface area contributed by atoms with Gasteiger partial charge in [-0.2, -0.15) is 0 Å². The Balaban J connectivity index is 1.54. The third kappa shape index (κ3) is 2.99. The predicted molar refractivity (Wildman–Crippen MR) is 79.7 cm³/mol. The van der Waals surface area contributed by atoms with Crippen molar-refractivity contribution in [1.82, 2.24) is 15.3 Å². The number of fused-ring (bicyclic) bond motifs is 1. The fraction of sp³-hybridized carbons (Fsp3) is 0.467. The molecule has 0 spiro atoms. The molecule has 20 heavy (non-hydrogen) atoms. The van der Waals surface area contributed by atoms with Gasteiger partial charge in [-0.15, -0.1) is 0 Å². The minimum atomic E-state index is 0.510. The van der Waals surface area contributed by atoms with Gasteiger partial charge in [0.15, 0.2) is 0 Å². The van der Waals surface area contributed by atoms with E-state index in [2.05, 4.69) is 15.3 Å². The van der Waals surface area contributed by atoms with Crippen LogP contribution in [0.5, 0.6) is 5.75 Å². The molecule has 1 atom stereocenters. The minimum absolute atomic E-state index is 0.510. The number of nitrogens with zero attached hydrogens (tertiary/aromatic N) is 2. The van der Waals surface area contributed by atoms with Crippen LogP contribution in [0.1, 0.15) is 19.3 Å². The summed E-state index contributed by atoms with van der Waals surface area (Å²) in [6, 6.07) is 5.77. The molecule has 1 aromatic carbocycles. The first-order chi connectivity index (χ1) is 9.83. The molecule has 0 saturated carbocycles. The van der Waals surface area contributed by atoms with E-state index in [0.717, 1.165) is 48.7 Å². The zero-order chi connectivity index (χ0) is 13.8. The number of anilines is 1. The van der Waals surface area contributed by atoms with Gasteiger partial charge in [0.2, 0.25) is 0 Å². The molecule has 0 aliphatic carbocycles. The van der Waals surface area contributed by atoms with Crippen molar-refractivity contribution in [1.29, 1.82) is 0 Å². The van der Waals surface area contributed by atoms with Crippen molar-refractivity contribution in [3.8, 4) is 5.75 Å². The molecule has 1 aliphatic rings. The highest BCUT2D eigenvalue weighted by Crippen LogP contribution is 2.22. The Hall–Kier alpha value is -1.88. The van der Waals surface area contributed by atoms with Crippen molar-refractivity contribution < 1.29 is 4.74 Å². The topological polar surface area (TPSA) is 73.1 Å². The molecule has 5 heteroatoms. The monoisotopic (exact) mass is 272 g/mol. The molecule has 5 nitrogen and oxygen atoms in total. The van der Waals surface area contributed by atoms with Crippen LogP contribution in [-0.4, -0.2) is 29.7 Å². The average Bonchev–Trinajstić information content (AvgIpc) is 2.97. The van der Waals surface area contributed by atoms with Crippen LogP contribution in [0.2, 0.25) is 0 Å². The number of hydrogen-bond donors (Lipinski definition) is 2. The molecule has 1 aromatic heterocycles. The standard InChI is InChI=1S/C15H20N4O/c16-15-13-4-3-12(8-14(13)18-10-19-15)20-7-1-2-11-5-6-17-9-11/h3-4,8,10-11,17H,1-2,5-7,9H2,(H2,16,18,19). The third-order valence-corrected chi connectivity index (χ3v) is 3.83. The van der Waals surface area contributed by atoms with E-state index in [1.807, 2.05) is 18.2 Å². The molecule has 0 bridgehead atoms. The highest BCUT2D eigenvalue weighted by atomic mass is 16.5. The fourth-order valence-electron chi connectivity index (χ4n) is 2.67. The largest absolute Gasteiger partial charge is 0.494 e. The van der Waals surface area contributed by atoms with E-state index in [1.165, 1.54) is 19.2 Å². The SMILES string of the molecule is Nc1ncnc2cc(OCCCC3CCNC3)ccc12. The number of benzene rings is 1. The van der Waals surface area contributed by atoms with Gasteiger partial charge >= 0.3 is 0 Å². The van der Waals surface area contributed by atoms with Gasteiger partial charge in [-0.3, -0.25) is 0 Å². The maximum atomic E-state index is 5.80. The maximum absolute atomic E-state index is 5.80. The number of nitrogen functional groups attached to an aromatic ring is 1. The molecule has 1 unspecified atom stereocenters. The van der Waals surface area contributed by atoms with Crippen molar-refractivity contribution in [2.75, 3.05) is 25.4 Å². The van der Waals surface area contributed by atoms with E-state index in [1.54, 1.807) is 0 Å². The molecular formula is C15H20N4O. The molecule has 3 N–H and O–H groups in total. The lowest BCUT2D eigenvalue weighted by Crippen LogP contribution is -2.10. The van der Waals surface area contributed by atoms with Crippen molar-refractivity contribution in [2.24, 2.45) is 5.92 Å². The zero-order valence-electron chi connectivity index (χ0n) is 11.5. The number of nitrogens with one attached hydrogen (secondary N) is 1. The van der Waals surface area contributed by atoms with E-state index in [9.17, 15) is 0 Å². The van der Waals surface area contributed by atoms with Crippen LogP contribution >= 0.6 is 0 Å². The van der Waals surface area contributed by atoms with Crippen molar-refractivity contribution in [3.63, 3.8) is 0 Å². The molecule has 106 valence electrons. The Morgan fingerprint density at radius 2 is 2.30 bits per heavy atom. The zero-order valence-corrected chi connectivity index (χ0v) is 11.5. The number of hydrogen-bond acceptors (Lipinski definition) is 5. The normalized spacial score (nSPS) is 18.5. The molecule has 0 amide bonds. The second-order valence-electron chi connectivity index (χ2n) is 5.29. The van der Waals surface area contributed by atoms with Crippen LogP contribution in [0.4, 0.5) is 5.82 Å². The van der Waals surface area contributed by atoms with Gasteiger partial charge in [0.25, 0.3) is 0 Å². The van der Waals surface area contributed by atoms with Gasteiger partial charge in [0.05, 0.1) is 12.1 Å². The number of aromatic nitrogens is 2. The lowest BCUT2D eigenvalue weighted by molar-refractivity contribution is 0.295. The van der Waals surface area contributed by atoms with Gasteiger partial charge in [-0.1, -0.05) is 0 Å². The van der Waals surface area contributed by atoms with E-state index in [4.69, 9.17) is 10.5 Å². The molecule has 2 aromatic rings. The van der Waals surface area contributed by atoms with E-state index >= 15 is 0 Å². The summed E-state index contributed by atoms with van der Waals surface area (Å²) in [5.41, 5.74) is 6.63. The molecule has 1 saturated heterocycles. The quantitative estimate of drug-likeness (QED) is 0.814. The van der Waals surface area contributed by atoms with E-state index in [-0.39, 0.29) is 0 Å². The summed E-state index contributed by atoms with van der Waals surface area (Å²) in [6.45, 7) is 3.08. The summed E-state index contributed by atoms with van der Waals surface area (Å²) in [6.07, 6.45) is 5.10. The lowest BCUT2D eigenvalue weighted by Gasteiger charge is -2.10. The molecule has 1 aliphatic heterocycles.